The number of hydrogen-bond donors (Lipinski definition) is 2. The van der Waals surface area contributed by atoms with Gasteiger partial charge in [0.1, 0.15) is 22.1 Å². The molecule has 1 amide bonds. The quantitative estimate of drug-likeness (QED) is 0.224. The summed E-state index contributed by atoms with van der Waals surface area (Å²) in [5, 5.41) is 2.84. The predicted octanol–water partition coefficient (Wildman–Crippen LogP) is 8.02. The number of sulfonamides is 1. The van der Waals surface area contributed by atoms with Crippen LogP contribution in [0.4, 0.5) is 10.1 Å². The molecule has 1 saturated carbocycles. The summed E-state index contributed by atoms with van der Waals surface area (Å²) in [6.45, 7) is 10.5. The van der Waals surface area contributed by atoms with Gasteiger partial charge in [0.25, 0.3) is 15.9 Å². The van der Waals surface area contributed by atoms with Crippen LogP contribution >= 0.6 is 23.2 Å². The third kappa shape index (κ3) is 8.86. The molecule has 1 fully saturated rings. The first kappa shape index (κ1) is 33.6. The number of rotatable bonds is 9. The van der Waals surface area contributed by atoms with Gasteiger partial charge in [0.2, 0.25) is 0 Å². The van der Waals surface area contributed by atoms with Crippen molar-refractivity contribution in [3.05, 3.63) is 81.1 Å². The summed E-state index contributed by atoms with van der Waals surface area (Å²) in [5.74, 6) is -1.70. The van der Waals surface area contributed by atoms with Crippen LogP contribution in [0.25, 0.3) is 0 Å². The van der Waals surface area contributed by atoms with Crippen LogP contribution in [0, 0.1) is 5.82 Å². The first-order valence-corrected chi connectivity index (χ1v) is 16.2. The van der Waals surface area contributed by atoms with E-state index in [1.165, 1.54) is 30.3 Å². The molecule has 8 nitrogen and oxygen atoms in total. The third-order valence-electron chi connectivity index (χ3n) is 6.34. The molecule has 0 heterocycles. The van der Waals surface area contributed by atoms with Gasteiger partial charge in [-0.15, -0.1) is 0 Å². The Morgan fingerprint density at radius 1 is 0.932 bits per heavy atom. The molecule has 4 rings (SSSR count). The number of anilines is 1. The number of carbonyl (C=O) groups excluding carboxylic acids is 2. The Bertz CT molecular complexity index is 1710. The van der Waals surface area contributed by atoms with Gasteiger partial charge in [-0.2, -0.15) is 0 Å². The maximum Gasteiger partial charge on any atom is 0.310 e. The number of esters is 1. The van der Waals surface area contributed by atoms with Crippen molar-refractivity contribution >= 4 is 50.8 Å². The zero-order chi connectivity index (χ0) is 32.6. The summed E-state index contributed by atoms with van der Waals surface area (Å²) < 4.78 is 55.7. The van der Waals surface area contributed by atoms with Gasteiger partial charge in [0.15, 0.2) is 5.75 Å². The van der Waals surface area contributed by atoms with Crippen molar-refractivity contribution in [1.29, 1.82) is 0 Å². The van der Waals surface area contributed by atoms with E-state index in [4.69, 9.17) is 32.7 Å². The molecule has 0 unspecified atom stereocenters. The number of halogens is 3. The van der Waals surface area contributed by atoms with Gasteiger partial charge in [0.05, 0.1) is 22.2 Å². The van der Waals surface area contributed by atoms with Gasteiger partial charge < -0.3 is 14.8 Å². The molecule has 0 spiro atoms. The highest BCUT2D eigenvalue weighted by Gasteiger charge is 2.27. The molecular formula is C32H35Cl2FN2O6S. The second-order valence-corrected chi connectivity index (χ2v) is 15.2. The summed E-state index contributed by atoms with van der Waals surface area (Å²) in [4.78, 5) is 25.0. The van der Waals surface area contributed by atoms with Gasteiger partial charge in [0, 0.05) is 22.7 Å². The van der Waals surface area contributed by atoms with E-state index in [9.17, 15) is 18.0 Å². The van der Waals surface area contributed by atoms with Crippen molar-refractivity contribution in [1.82, 2.24) is 5.32 Å². The fraction of sp³-hybridized carbons (Fsp3) is 0.375. The van der Waals surface area contributed by atoms with Crippen LogP contribution in [0.2, 0.25) is 10.0 Å². The Kier molecular flexibility index (Phi) is 9.59. The second-order valence-electron chi connectivity index (χ2n) is 12.7. The molecule has 1 aliphatic carbocycles. The summed E-state index contributed by atoms with van der Waals surface area (Å²) in [6, 6.07) is 11.2. The minimum Gasteiger partial charge on any atom is -0.460 e. The lowest BCUT2D eigenvalue weighted by Crippen LogP contribution is -2.40. The standard InChI is InChI=1S/C32H35Cl2FN2O6S/c1-31(2,3)36-30(39)20-9-11-26(42-27-17-24(35)21(14-22(27)33)16-29(38)43-32(4,5)6)25(15-20)37-44(40,41)28-12-10-19(13-23(28)34)18-7-8-18/h9-15,17-18,37H,7-8,16H2,1-6H3,(H,36,39). The molecule has 0 atom stereocenters. The fourth-order valence-corrected chi connectivity index (χ4v) is 6.13. The number of amides is 1. The first-order chi connectivity index (χ1) is 20.3. The van der Waals surface area contributed by atoms with Crippen LogP contribution < -0.4 is 14.8 Å². The van der Waals surface area contributed by atoms with Crippen molar-refractivity contribution in [3.8, 4) is 11.5 Å². The third-order valence-corrected chi connectivity index (χ3v) is 8.49. The highest BCUT2D eigenvalue weighted by Crippen LogP contribution is 2.42. The summed E-state index contributed by atoms with van der Waals surface area (Å²) in [7, 11) is -4.26. The van der Waals surface area contributed by atoms with Crippen LogP contribution in [-0.4, -0.2) is 31.4 Å². The van der Waals surface area contributed by atoms with Crippen molar-refractivity contribution in [2.75, 3.05) is 4.72 Å². The Morgan fingerprint density at radius 3 is 2.20 bits per heavy atom. The summed E-state index contributed by atoms with van der Waals surface area (Å²) in [5.41, 5.74) is -0.312. The van der Waals surface area contributed by atoms with E-state index in [2.05, 4.69) is 10.0 Å². The maximum atomic E-state index is 15.1. The summed E-state index contributed by atoms with van der Waals surface area (Å²) in [6.07, 6.45) is 1.69. The molecule has 1 aliphatic rings. The lowest BCUT2D eigenvalue weighted by atomic mass is 10.1. The predicted molar refractivity (Wildman–Crippen MR) is 169 cm³/mol. The zero-order valence-corrected chi connectivity index (χ0v) is 27.6. The van der Waals surface area contributed by atoms with E-state index in [0.717, 1.165) is 24.5 Å². The average Bonchev–Trinajstić information content (AvgIpc) is 3.71. The molecule has 0 aliphatic heterocycles. The second kappa shape index (κ2) is 12.6. The van der Waals surface area contributed by atoms with Crippen LogP contribution in [0.1, 0.15) is 81.8 Å². The largest absolute Gasteiger partial charge is 0.460 e. The minimum absolute atomic E-state index is 0.00369. The number of benzene rings is 3. The molecule has 3 aromatic rings. The average molecular weight is 666 g/mol. The highest BCUT2D eigenvalue weighted by atomic mass is 35.5. The van der Waals surface area contributed by atoms with Gasteiger partial charge in [-0.3, -0.25) is 14.3 Å². The van der Waals surface area contributed by atoms with Crippen molar-refractivity contribution in [3.63, 3.8) is 0 Å². The molecular weight excluding hydrogens is 630 g/mol. The van der Waals surface area contributed by atoms with Crippen molar-refractivity contribution < 1.29 is 31.9 Å². The number of carbonyl (C=O) groups is 2. The Hall–Kier alpha value is -3.34. The molecule has 0 saturated heterocycles. The van der Waals surface area contributed by atoms with Crippen molar-refractivity contribution in [2.45, 2.75) is 82.8 Å². The van der Waals surface area contributed by atoms with Crippen molar-refractivity contribution in [2.24, 2.45) is 0 Å². The molecule has 44 heavy (non-hydrogen) atoms. The van der Waals surface area contributed by atoms with E-state index >= 15 is 4.39 Å². The van der Waals surface area contributed by atoms with Crippen LogP contribution in [0.3, 0.4) is 0 Å². The van der Waals surface area contributed by atoms with Crippen LogP contribution in [0.15, 0.2) is 53.4 Å². The molecule has 236 valence electrons. The van der Waals surface area contributed by atoms with E-state index in [0.29, 0.717) is 5.92 Å². The smallest absolute Gasteiger partial charge is 0.310 e. The van der Waals surface area contributed by atoms with Crippen LogP contribution in [-0.2, 0) is 26.0 Å². The Labute approximate surface area is 267 Å². The van der Waals surface area contributed by atoms with Gasteiger partial charge in [-0.1, -0.05) is 29.3 Å². The number of nitrogens with one attached hydrogen (secondary N) is 2. The maximum absolute atomic E-state index is 15.1. The SMILES string of the molecule is CC(C)(C)NC(=O)c1ccc(Oc2cc(F)c(CC(=O)OC(C)(C)C)cc2Cl)c(NS(=O)(=O)c2ccc(C3CC3)cc2Cl)c1. The molecule has 12 heteroatoms. The Morgan fingerprint density at radius 2 is 1.61 bits per heavy atom. The van der Waals surface area contributed by atoms with E-state index in [1.807, 2.05) is 20.8 Å². The molecule has 0 aromatic heterocycles. The lowest BCUT2D eigenvalue weighted by Gasteiger charge is -2.21. The zero-order valence-electron chi connectivity index (χ0n) is 25.3. The van der Waals surface area contributed by atoms with E-state index < -0.39 is 38.9 Å². The van der Waals surface area contributed by atoms with Crippen LogP contribution in [0.5, 0.6) is 11.5 Å². The van der Waals surface area contributed by atoms with Gasteiger partial charge in [-0.05, 0) is 102 Å². The minimum atomic E-state index is -4.26. The Balaban J connectivity index is 1.68. The molecule has 2 N–H and O–H groups in total. The van der Waals surface area contributed by atoms with Gasteiger partial charge >= 0.3 is 5.97 Å². The normalized spacial score (nSPS) is 13.8. The lowest BCUT2D eigenvalue weighted by molar-refractivity contribution is -0.154. The molecule has 0 radical (unpaired) electrons. The topological polar surface area (TPSA) is 111 Å². The van der Waals surface area contributed by atoms with E-state index in [1.54, 1.807) is 32.9 Å². The van der Waals surface area contributed by atoms with Gasteiger partial charge in [-0.25, -0.2) is 12.8 Å². The number of hydrogen-bond acceptors (Lipinski definition) is 6. The van der Waals surface area contributed by atoms with E-state index in [-0.39, 0.29) is 49.7 Å². The molecule has 3 aromatic carbocycles. The highest BCUT2D eigenvalue weighted by molar-refractivity contribution is 7.92. The first-order valence-electron chi connectivity index (χ1n) is 14.0. The fourth-order valence-electron chi connectivity index (χ4n) is 4.29. The number of ether oxygens (including phenoxy) is 2. The monoisotopic (exact) mass is 664 g/mol. The molecule has 0 bridgehead atoms. The summed E-state index contributed by atoms with van der Waals surface area (Å²) >= 11 is 12.8.